The summed E-state index contributed by atoms with van der Waals surface area (Å²) in [6, 6.07) is 3.09. The van der Waals surface area contributed by atoms with E-state index in [0.717, 1.165) is 0 Å². The Morgan fingerprint density at radius 2 is 2.11 bits per heavy atom. The molecule has 102 valence electrons. The minimum absolute atomic E-state index is 0.0456. The number of aliphatic hydroxyl groups excluding tert-OH is 1. The highest BCUT2D eigenvalue weighted by Gasteiger charge is 2.08. The van der Waals surface area contributed by atoms with E-state index in [0.29, 0.717) is 34.1 Å². The molecule has 0 saturated heterocycles. The minimum atomic E-state index is -0.220. The average Bonchev–Trinajstić information content (AvgIpc) is 2.37. The predicted octanol–water partition coefficient (Wildman–Crippen LogP) is 1.71. The molecule has 1 aromatic carbocycles. The van der Waals surface area contributed by atoms with Crippen LogP contribution in [0.4, 0.5) is 0 Å². The van der Waals surface area contributed by atoms with Gasteiger partial charge in [-0.05, 0) is 12.1 Å². The van der Waals surface area contributed by atoms with Crippen molar-refractivity contribution in [2.45, 2.75) is 6.54 Å². The molecule has 0 spiro atoms. The topological polar surface area (TPSA) is 64.4 Å². The Balaban J connectivity index is 2.32. The monoisotopic (exact) mass is 302 g/mol. The van der Waals surface area contributed by atoms with Crippen molar-refractivity contribution in [3.05, 3.63) is 38.9 Å². The molecule has 1 aromatic heterocycles. The second-order valence-electron chi connectivity index (χ2n) is 3.86. The first-order chi connectivity index (χ1) is 9.13. The molecule has 1 N–H and O–H groups in total. The van der Waals surface area contributed by atoms with Crippen LogP contribution in [0.2, 0.25) is 10.0 Å². The summed E-state index contributed by atoms with van der Waals surface area (Å²) in [7, 11) is 0. The van der Waals surface area contributed by atoms with Gasteiger partial charge >= 0.3 is 0 Å². The Morgan fingerprint density at radius 3 is 2.84 bits per heavy atom. The van der Waals surface area contributed by atoms with E-state index in [-0.39, 0.29) is 18.8 Å². The largest absolute Gasteiger partial charge is 0.394 e. The van der Waals surface area contributed by atoms with Crippen LogP contribution in [0.3, 0.4) is 0 Å². The fraction of sp³-hybridized carbons (Fsp3) is 0.333. The number of fused-ring (bicyclic) bond motifs is 1. The third-order valence-corrected chi connectivity index (χ3v) is 3.06. The fourth-order valence-electron chi connectivity index (χ4n) is 1.68. The molecule has 2 aromatic rings. The highest BCUT2D eigenvalue weighted by atomic mass is 35.5. The summed E-state index contributed by atoms with van der Waals surface area (Å²) in [4.78, 5) is 16.3. The van der Waals surface area contributed by atoms with Crippen molar-refractivity contribution in [1.29, 1.82) is 0 Å². The Morgan fingerprint density at radius 1 is 1.32 bits per heavy atom. The molecular formula is C12H12Cl2N2O3. The summed E-state index contributed by atoms with van der Waals surface area (Å²) in [5, 5.41) is 9.71. The van der Waals surface area contributed by atoms with E-state index in [2.05, 4.69) is 4.98 Å². The van der Waals surface area contributed by atoms with Crippen molar-refractivity contribution in [2.24, 2.45) is 0 Å². The van der Waals surface area contributed by atoms with E-state index in [1.165, 1.54) is 10.9 Å². The Bertz CT molecular complexity index is 643. The van der Waals surface area contributed by atoms with Gasteiger partial charge in [0.15, 0.2) is 0 Å². The van der Waals surface area contributed by atoms with Crippen LogP contribution in [0.25, 0.3) is 10.9 Å². The maximum absolute atomic E-state index is 12.2. The summed E-state index contributed by atoms with van der Waals surface area (Å²) in [6.45, 7) is 0.872. The van der Waals surface area contributed by atoms with Gasteiger partial charge in [-0.3, -0.25) is 9.36 Å². The maximum atomic E-state index is 12.2. The predicted molar refractivity (Wildman–Crippen MR) is 73.9 cm³/mol. The lowest BCUT2D eigenvalue weighted by Gasteiger charge is -2.07. The molecule has 2 rings (SSSR count). The molecule has 0 amide bonds. The van der Waals surface area contributed by atoms with Gasteiger partial charge in [-0.25, -0.2) is 4.98 Å². The summed E-state index contributed by atoms with van der Waals surface area (Å²) < 4.78 is 6.53. The highest BCUT2D eigenvalue weighted by Crippen LogP contribution is 2.23. The molecule has 0 bridgehead atoms. The van der Waals surface area contributed by atoms with Crippen molar-refractivity contribution in [3.8, 4) is 0 Å². The quantitative estimate of drug-likeness (QED) is 0.854. The van der Waals surface area contributed by atoms with E-state index in [9.17, 15) is 4.79 Å². The summed E-state index contributed by atoms with van der Waals surface area (Å²) in [6.07, 6.45) is 1.42. The van der Waals surface area contributed by atoms with Gasteiger partial charge in [-0.2, -0.15) is 0 Å². The molecule has 0 radical (unpaired) electrons. The van der Waals surface area contributed by atoms with Crippen LogP contribution in [0.1, 0.15) is 0 Å². The molecule has 0 fully saturated rings. The molecule has 0 aliphatic carbocycles. The third-order valence-electron chi connectivity index (χ3n) is 2.56. The first-order valence-corrected chi connectivity index (χ1v) is 6.42. The molecule has 0 saturated carbocycles. The zero-order valence-electron chi connectivity index (χ0n) is 9.97. The van der Waals surface area contributed by atoms with Gasteiger partial charge in [0.1, 0.15) is 0 Å². The third kappa shape index (κ3) is 3.25. The average molecular weight is 303 g/mol. The van der Waals surface area contributed by atoms with E-state index in [4.69, 9.17) is 33.0 Å². The van der Waals surface area contributed by atoms with Crippen LogP contribution < -0.4 is 5.56 Å². The van der Waals surface area contributed by atoms with Crippen LogP contribution >= 0.6 is 23.2 Å². The van der Waals surface area contributed by atoms with Gasteiger partial charge < -0.3 is 9.84 Å². The fourth-order valence-corrected chi connectivity index (χ4v) is 2.23. The van der Waals surface area contributed by atoms with Crippen LogP contribution in [-0.4, -0.2) is 34.5 Å². The van der Waals surface area contributed by atoms with Crippen molar-refractivity contribution in [1.82, 2.24) is 9.55 Å². The molecule has 0 aliphatic heterocycles. The van der Waals surface area contributed by atoms with Crippen molar-refractivity contribution in [2.75, 3.05) is 19.8 Å². The van der Waals surface area contributed by atoms with Gasteiger partial charge in [0.25, 0.3) is 5.56 Å². The van der Waals surface area contributed by atoms with Crippen LogP contribution in [0, 0.1) is 0 Å². The first-order valence-electron chi connectivity index (χ1n) is 5.66. The molecular weight excluding hydrogens is 291 g/mol. The van der Waals surface area contributed by atoms with E-state index >= 15 is 0 Å². The van der Waals surface area contributed by atoms with E-state index in [1.54, 1.807) is 12.1 Å². The molecule has 19 heavy (non-hydrogen) atoms. The second-order valence-corrected chi connectivity index (χ2v) is 4.71. The molecule has 7 heteroatoms. The number of benzene rings is 1. The minimum Gasteiger partial charge on any atom is -0.394 e. The Hall–Kier alpha value is -1.14. The number of ether oxygens (including phenoxy) is 1. The van der Waals surface area contributed by atoms with Crippen LogP contribution in [0.5, 0.6) is 0 Å². The SMILES string of the molecule is O=c1c2cc(Cl)cc(Cl)c2ncn1CCOCCO. The van der Waals surface area contributed by atoms with Crippen LogP contribution in [-0.2, 0) is 11.3 Å². The number of hydrogen-bond donors (Lipinski definition) is 1. The smallest absolute Gasteiger partial charge is 0.261 e. The normalized spacial score (nSPS) is 11.1. The first kappa shape index (κ1) is 14.3. The maximum Gasteiger partial charge on any atom is 0.261 e. The summed E-state index contributed by atoms with van der Waals surface area (Å²) in [5.41, 5.74) is 0.214. The number of halogens is 2. The number of rotatable bonds is 5. The lowest BCUT2D eigenvalue weighted by molar-refractivity contribution is 0.0865. The molecule has 5 nitrogen and oxygen atoms in total. The van der Waals surface area contributed by atoms with Crippen LogP contribution in [0.15, 0.2) is 23.3 Å². The zero-order valence-corrected chi connectivity index (χ0v) is 11.5. The standard InChI is InChI=1S/C12H12Cl2N2O3/c13-8-5-9-11(10(14)6-8)15-7-16(12(9)18)1-3-19-4-2-17/h5-7,17H,1-4H2. The lowest BCUT2D eigenvalue weighted by atomic mass is 10.2. The van der Waals surface area contributed by atoms with Gasteiger partial charge in [0, 0.05) is 5.02 Å². The van der Waals surface area contributed by atoms with Crippen molar-refractivity contribution >= 4 is 34.1 Å². The number of nitrogens with zero attached hydrogens (tertiary/aromatic N) is 2. The van der Waals surface area contributed by atoms with Gasteiger partial charge in [0.05, 0.1) is 48.6 Å². The lowest BCUT2D eigenvalue weighted by Crippen LogP contribution is -2.23. The van der Waals surface area contributed by atoms with Gasteiger partial charge in [0.2, 0.25) is 0 Å². The van der Waals surface area contributed by atoms with Crippen molar-refractivity contribution < 1.29 is 9.84 Å². The number of aliphatic hydroxyl groups is 1. The molecule has 0 aliphatic rings. The second kappa shape index (κ2) is 6.34. The number of hydrogen-bond acceptors (Lipinski definition) is 4. The molecule has 1 heterocycles. The van der Waals surface area contributed by atoms with E-state index < -0.39 is 0 Å². The number of aromatic nitrogens is 2. The van der Waals surface area contributed by atoms with Gasteiger partial charge in [-0.15, -0.1) is 0 Å². The summed E-state index contributed by atoms with van der Waals surface area (Å²) >= 11 is 11.9. The van der Waals surface area contributed by atoms with Gasteiger partial charge in [-0.1, -0.05) is 23.2 Å². The van der Waals surface area contributed by atoms with E-state index in [1.807, 2.05) is 0 Å². The summed E-state index contributed by atoms with van der Waals surface area (Å²) in [5.74, 6) is 0. The highest BCUT2D eigenvalue weighted by molar-refractivity contribution is 6.38. The zero-order chi connectivity index (χ0) is 13.8. The Labute approximate surface area is 119 Å². The molecule has 0 unspecified atom stereocenters. The Kier molecular flexibility index (Phi) is 4.76. The molecule has 0 atom stereocenters. The van der Waals surface area contributed by atoms with Crippen molar-refractivity contribution in [3.63, 3.8) is 0 Å².